The van der Waals surface area contributed by atoms with Gasteiger partial charge in [-0.15, -0.1) is 0 Å². The Morgan fingerprint density at radius 1 is 1.71 bits per heavy atom. The third kappa shape index (κ3) is 3.11. The average Bonchev–Trinajstić information content (AvgIpc) is 2.10. The van der Waals surface area contributed by atoms with Crippen molar-refractivity contribution >= 4 is 11.9 Å². The highest BCUT2D eigenvalue weighted by Crippen LogP contribution is 2.04. The van der Waals surface area contributed by atoms with Crippen molar-refractivity contribution in [3.63, 3.8) is 0 Å². The van der Waals surface area contributed by atoms with Gasteiger partial charge in [0.15, 0.2) is 0 Å². The maximum Gasteiger partial charge on any atom is 0.317 e. The summed E-state index contributed by atoms with van der Waals surface area (Å²) in [4.78, 5) is 14.5. The standard InChI is InChI=1S/C9H10N4O/c10-5-7-3-1-2-4-8(12-6-7)13-9(11)14/h1,3,6H,2,4H2,(H3,11,12,13,14)/b3-1-,7-6+. The van der Waals surface area contributed by atoms with E-state index in [-0.39, 0.29) is 0 Å². The fraction of sp³-hybridized carbons (Fsp3) is 0.222. The van der Waals surface area contributed by atoms with Crippen LogP contribution in [0.5, 0.6) is 0 Å². The normalized spacial score (nSPS) is 21.6. The van der Waals surface area contributed by atoms with Gasteiger partial charge in [0.1, 0.15) is 11.9 Å². The van der Waals surface area contributed by atoms with Crippen molar-refractivity contribution in [3.8, 4) is 6.07 Å². The van der Waals surface area contributed by atoms with E-state index < -0.39 is 6.03 Å². The van der Waals surface area contributed by atoms with Crippen LogP contribution >= 0.6 is 0 Å². The number of rotatable bonds is 0. The molecule has 72 valence electrons. The van der Waals surface area contributed by atoms with Crippen molar-refractivity contribution in [2.75, 3.05) is 0 Å². The zero-order valence-electron chi connectivity index (χ0n) is 7.53. The number of amides is 2. The molecule has 3 N–H and O–H groups in total. The molecule has 0 aromatic carbocycles. The fourth-order valence-electron chi connectivity index (χ4n) is 0.989. The molecule has 0 aromatic rings. The van der Waals surface area contributed by atoms with Gasteiger partial charge in [0.05, 0.1) is 5.57 Å². The van der Waals surface area contributed by atoms with Crippen LogP contribution in [0.15, 0.2) is 28.9 Å². The zero-order valence-corrected chi connectivity index (χ0v) is 7.53. The van der Waals surface area contributed by atoms with Crippen LogP contribution in [0.25, 0.3) is 0 Å². The molecule has 2 amide bonds. The first-order valence-electron chi connectivity index (χ1n) is 4.12. The number of nitriles is 1. The summed E-state index contributed by atoms with van der Waals surface area (Å²) in [6.07, 6.45) is 6.28. The van der Waals surface area contributed by atoms with Crippen LogP contribution in [0.4, 0.5) is 4.79 Å². The van der Waals surface area contributed by atoms with Crippen molar-refractivity contribution in [3.05, 3.63) is 23.9 Å². The number of nitrogens with zero attached hydrogens (tertiary/aromatic N) is 2. The first-order valence-corrected chi connectivity index (χ1v) is 4.12. The van der Waals surface area contributed by atoms with E-state index >= 15 is 0 Å². The Labute approximate surface area is 81.6 Å². The van der Waals surface area contributed by atoms with E-state index in [1.54, 1.807) is 6.08 Å². The van der Waals surface area contributed by atoms with Crippen molar-refractivity contribution in [1.29, 1.82) is 5.26 Å². The van der Waals surface area contributed by atoms with Crippen LogP contribution in [0.1, 0.15) is 12.8 Å². The number of amidine groups is 1. The van der Waals surface area contributed by atoms with E-state index in [1.165, 1.54) is 6.20 Å². The molecule has 0 unspecified atom stereocenters. The second kappa shape index (κ2) is 4.82. The van der Waals surface area contributed by atoms with Crippen LogP contribution in [0.3, 0.4) is 0 Å². The lowest BCUT2D eigenvalue weighted by atomic mass is 10.2. The van der Waals surface area contributed by atoms with Crippen LogP contribution in [-0.4, -0.2) is 11.9 Å². The molecular formula is C9H10N4O. The molecule has 0 fully saturated rings. The highest BCUT2D eigenvalue weighted by molar-refractivity contribution is 5.97. The van der Waals surface area contributed by atoms with Crippen LogP contribution in [-0.2, 0) is 0 Å². The summed E-state index contributed by atoms with van der Waals surface area (Å²) in [6, 6.07) is 1.33. The molecular weight excluding hydrogens is 180 g/mol. The molecule has 0 aliphatic carbocycles. The molecule has 0 saturated heterocycles. The smallest absolute Gasteiger partial charge is 0.317 e. The Morgan fingerprint density at radius 3 is 3.14 bits per heavy atom. The number of carbonyl (C=O) groups excluding carboxylic acids is 1. The van der Waals surface area contributed by atoms with Gasteiger partial charge in [-0.2, -0.15) is 5.26 Å². The van der Waals surface area contributed by atoms with Crippen molar-refractivity contribution in [2.24, 2.45) is 10.7 Å². The van der Waals surface area contributed by atoms with Crippen molar-refractivity contribution in [2.45, 2.75) is 12.8 Å². The van der Waals surface area contributed by atoms with Gasteiger partial charge in [0, 0.05) is 12.6 Å². The summed E-state index contributed by atoms with van der Waals surface area (Å²) in [5.74, 6) is 0.481. The molecule has 14 heavy (non-hydrogen) atoms. The molecule has 0 aromatic heterocycles. The molecule has 0 atom stereocenters. The van der Waals surface area contributed by atoms with E-state index in [4.69, 9.17) is 11.0 Å². The summed E-state index contributed by atoms with van der Waals surface area (Å²) >= 11 is 0. The predicted octanol–water partition coefficient (Wildman–Crippen LogP) is 0.811. The molecule has 5 heteroatoms. The summed E-state index contributed by atoms with van der Waals surface area (Å²) in [6.45, 7) is 0. The molecule has 0 bridgehead atoms. The molecule has 0 saturated carbocycles. The van der Waals surface area contributed by atoms with E-state index in [2.05, 4.69) is 10.3 Å². The number of nitrogens with two attached hydrogens (primary N) is 1. The second-order valence-electron chi connectivity index (χ2n) is 2.70. The van der Waals surface area contributed by atoms with Gasteiger partial charge in [0.25, 0.3) is 0 Å². The van der Waals surface area contributed by atoms with Gasteiger partial charge >= 0.3 is 6.03 Å². The lowest BCUT2D eigenvalue weighted by Crippen LogP contribution is -2.34. The van der Waals surface area contributed by atoms with E-state index in [1.807, 2.05) is 12.1 Å². The fourth-order valence-corrected chi connectivity index (χ4v) is 0.989. The number of hydrogen-bond donors (Lipinski definition) is 2. The Kier molecular flexibility index (Phi) is 3.44. The lowest BCUT2D eigenvalue weighted by Gasteiger charge is -2.05. The highest BCUT2D eigenvalue weighted by Gasteiger charge is 2.02. The number of allylic oxidation sites excluding steroid dienone is 3. The van der Waals surface area contributed by atoms with Gasteiger partial charge in [-0.05, 0) is 12.5 Å². The van der Waals surface area contributed by atoms with E-state index in [0.717, 1.165) is 6.42 Å². The molecule has 1 rings (SSSR count). The van der Waals surface area contributed by atoms with Crippen LogP contribution < -0.4 is 11.1 Å². The number of urea groups is 1. The third-order valence-electron chi connectivity index (χ3n) is 1.60. The largest absolute Gasteiger partial charge is 0.351 e. The SMILES string of the molecule is N#CC1=C/N=C(NC(N)=O)CC/C=C\1. The molecule has 1 aliphatic heterocycles. The molecule has 1 aliphatic rings. The molecule has 0 radical (unpaired) electrons. The Hall–Kier alpha value is -2.09. The summed E-state index contributed by atoms with van der Waals surface area (Å²) in [5.41, 5.74) is 5.40. The summed E-state index contributed by atoms with van der Waals surface area (Å²) in [7, 11) is 0. The highest BCUT2D eigenvalue weighted by atomic mass is 16.2. The Balaban J connectivity index is 2.80. The van der Waals surface area contributed by atoms with Gasteiger partial charge in [-0.25, -0.2) is 9.79 Å². The quantitative estimate of drug-likeness (QED) is 0.591. The monoisotopic (exact) mass is 190 g/mol. The van der Waals surface area contributed by atoms with Crippen molar-refractivity contribution < 1.29 is 4.79 Å². The van der Waals surface area contributed by atoms with Gasteiger partial charge < -0.3 is 5.73 Å². The minimum Gasteiger partial charge on any atom is -0.351 e. The first-order chi connectivity index (χ1) is 6.72. The number of aliphatic imine (C=N–C) groups is 1. The minimum atomic E-state index is -0.639. The first kappa shape index (κ1) is 9.99. The van der Waals surface area contributed by atoms with Gasteiger partial charge in [-0.1, -0.05) is 6.08 Å². The number of primary amides is 1. The maximum atomic E-state index is 10.5. The zero-order chi connectivity index (χ0) is 10.4. The van der Waals surface area contributed by atoms with Gasteiger partial charge in [-0.3, -0.25) is 5.32 Å². The second-order valence-corrected chi connectivity index (χ2v) is 2.70. The topological polar surface area (TPSA) is 91.3 Å². The molecule has 0 spiro atoms. The Morgan fingerprint density at radius 2 is 2.50 bits per heavy atom. The van der Waals surface area contributed by atoms with Crippen molar-refractivity contribution in [1.82, 2.24) is 5.32 Å². The van der Waals surface area contributed by atoms with E-state index in [9.17, 15) is 4.79 Å². The lowest BCUT2D eigenvalue weighted by molar-refractivity contribution is 0.253. The van der Waals surface area contributed by atoms with Crippen LogP contribution in [0, 0.1) is 11.3 Å². The summed E-state index contributed by atoms with van der Waals surface area (Å²) < 4.78 is 0. The Bertz CT molecular complexity index is 359. The molecule has 5 nitrogen and oxygen atoms in total. The average molecular weight is 190 g/mol. The number of nitrogens with one attached hydrogen (secondary N) is 1. The van der Waals surface area contributed by atoms with E-state index in [0.29, 0.717) is 17.8 Å². The molecule has 1 heterocycles. The van der Waals surface area contributed by atoms with Crippen LogP contribution in [0.2, 0.25) is 0 Å². The predicted molar refractivity (Wildman–Crippen MR) is 52.2 cm³/mol. The minimum absolute atomic E-state index is 0.452. The third-order valence-corrected chi connectivity index (χ3v) is 1.60. The number of hydrogen-bond acceptors (Lipinski definition) is 3. The maximum absolute atomic E-state index is 10.5. The number of carbonyl (C=O) groups is 1. The summed E-state index contributed by atoms with van der Waals surface area (Å²) in [5, 5.41) is 11.0. The van der Waals surface area contributed by atoms with Gasteiger partial charge in [0.2, 0.25) is 0 Å².